The molecule has 1 unspecified atom stereocenters. The van der Waals surface area contributed by atoms with E-state index in [4.69, 9.17) is 4.42 Å². The lowest BCUT2D eigenvalue weighted by Gasteiger charge is -2.12. The van der Waals surface area contributed by atoms with Crippen LogP contribution < -0.4 is 5.32 Å². The summed E-state index contributed by atoms with van der Waals surface area (Å²) >= 11 is 3.53. The van der Waals surface area contributed by atoms with Gasteiger partial charge >= 0.3 is 0 Å². The molecule has 2 aromatic carbocycles. The average Bonchev–Trinajstić information content (AvgIpc) is 3.05. The molecule has 0 aliphatic carbocycles. The average molecular weight is 407 g/mol. The SMILES string of the molecule is Cc1cc(-c2ccc(CNC(C)c3ccccc3)o2)ccc1Br.Cl. The summed E-state index contributed by atoms with van der Waals surface area (Å²) in [6.07, 6.45) is 0. The van der Waals surface area contributed by atoms with Gasteiger partial charge in [-0.25, -0.2) is 0 Å². The van der Waals surface area contributed by atoms with E-state index in [1.807, 2.05) is 18.2 Å². The molecule has 0 spiro atoms. The molecule has 1 aromatic heterocycles. The van der Waals surface area contributed by atoms with Crippen molar-refractivity contribution >= 4 is 28.3 Å². The molecule has 0 fully saturated rings. The second kappa shape index (κ2) is 8.52. The number of benzene rings is 2. The maximum absolute atomic E-state index is 5.97. The molecule has 3 aromatic rings. The highest BCUT2D eigenvalue weighted by Crippen LogP contribution is 2.26. The van der Waals surface area contributed by atoms with E-state index in [9.17, 15) is 0 Å². The maximum Gasteiger partial charge on any atom is 0.134 e. The van der Waals surface area contributed by atoms with E-state index in [1.165, 1.54) is 11.1 Å². The number of furan rings is 1. The van der Waals surface area contributed by atoms with Crippen LogP contribution in [-0.2, 0) is 6.54 Å². The Hall–Kier alpha value is -1.55. The summed E-state index contributed by atoms with van der Waals surface area (Å²) in [5.41, 5.74) is 3.59. The molecule has 0 amide bonds. The molecule has 24 heavy (non-hydrogen) atoms. The number of hydrogen-bond acceptors (Lipinski definition) is 2. The van der Waals surface area contributed by atoms with E-state index >= 15 is 0 Å². The zero-order valence-electron chi connectivity index (χ0n) is 13.8. The lowest BCUT2D eigenvalue weighted by Crippen LogP contribution is -2.17. The summed E-state index contributed by atoms with van der Waals surface area (Å²) in [4.78, 5) is 0. The largest absolute Gasteiger partial charge is 0.460 e. The highest BCUT2D eigenvalue weighted by atomic mass is 79.9. The standard InChI is InChI=1S/C20H20BrNO.ClH/c1-14-12-17(8-10-19(14)21)20-11-9-18(23-20)13-22-15(2)16-6-4-3-5-7-16;/h3-12,15,22H,13H2,1-2H3;1H. The molecule has 1 heterocycles. The monoisotopic (exact) mass is 405 g/mol. The number of hydrogen-bond donors (Lipinski definition) is 1. The minimum Gasteiger partial charge on any atom is -0.460 e. The highest BCUT2D eigenvalue weighted by molar-refractivity contribution is 9.10. The molecular weight excluding hydrogens is 386 g/mol. The van der Waals surface area contributed by atoms with Crippen LogP contribution in [0.2, 0.25) is 0 Å². The predicted octanol–water partition coefficient (Wildman–Crippen LogP) is 6.29. The van der Waals surface area contributed by atoms with Crippen molar-refractivity contribution in [3.8, 4) is 11.3 Å². The fraction of sp³-hybridized carbons (Fsp3) is 0.200. The second-order valence-corrected chi connectivity index (χ2v) is 6.60. The van der Waals surface area contributed by atoms with Crippen LogP contribution in [0.3, 0.4) is 0 Å². The Bertz CT molecular complexity index is 785. The molecule has 1 atom stereocenters. The lowest BCUT2D eigenvalue weighted by molar-refractivity contribution is 0.468. The minimum absolute atomic E-state index is 0. The van der Waals surface area contributed by atoms with Crippen molar-refractivity contribution in [3.05, 3.63) is 82.0 Å². The van der Waals surface area contributed by atoms with Gasteiger partial charge in [0.25, 0.3) is 0 Å². The van der Waals surface area contributed by atoms with Gasteiger partial charge in [-0.2, -0.15) is 0 Å². The molecule has 0 aliphatic heterocycles. The highest BCUT2D eigenvalue weighted by Gasteiger charge is 2.08. The maximum atomic E-state index is 5.97. The molecule has 0 saturated heterocycles. The van der Waals surface area contributed by atoms with Crippen LogP contribution in [0.1, 0.15) is 29.9 Å². The first-order valence-corrected chi connectivity index (χ1v) is 8.56. The first-order chi connectivity index (χ1) is 11.1. The Morgan fingerprint density at radius 2 is 1.79 bits per heavy atom. The van der Waals surface area contributed by atoms with Gasteiger partial charge < -0.3 is 9.73 Å². The Balaban J connectivity index is 0.00000208. The third kappa shape index (κ3) is 4.50. The Kier molecular flexibility index (Phi) is 6.67. The van der Waals surface area contributed by atoms with E-state index in [0.717, 1.165) is 21.6 Å². The van der Waals surface area contributed by atoms with E-state index in [-0.39, 0.29) is 12.4 Å². The van der Waals surface area contributed by atoms with Crippen molar-refractivity contribution in [2.45, 2.75) is 26.4 Å². The molecule has 0 saturated carbocycles. The second-order valence-electron chi connectivity index (χ2n) is 5.74. The zero-order valence-corrected chi connectivity index (χ0v) is 16.2. The van der Waals surface area contributed by atoms with Gasteiger partial charge in [0.2, 0.25) is 0 Å². The predicted molar refractivity (Wildman–Crippen MR) is 106 cm³/mol. The molecule has 4 heteroatoms. The molecule has 2 nitrogen and oxygen atoms in total. The molecule has 0 aliphatic rings. The first kappa shape index (κ1) is 18.8. The molecule has 0 radical (unpaired) electrons. The fourth-order valence-electron chi connectivity index (χ4n) is 2.54. The number of nitrogens with one attached hydrogen (secondary N) is 1. The van der Waals surface area contributed by atoms with Gasteiger partial charge in [0, 0.05) is 16.1 Å². The lowest BCUT2D eigenvalue weighted by atomic mass is 10.1. The summed E-state index contributed by atoms with van der Waals surface area (Å²) in [6.45, 7) is 4.96. The quantitative estimate of drug-likeness (QED) is 0.538. The van der Waals surface area contributed by atoms with Crippen LogP contribution in [0.4, 0.5) is 0 Å². The van der Waals surface area contributed by atoms with Crippen molar-refractivity contribution < 1.29 is 4.42 Å². The van der Waals surface area contributed by atoms with Crippen molar-refractivity contribution in [1.82, 2.24) is 5.32 Å². The van der Waals surface area contributed by atoms with Crippen LogP contribution in [0.15, 0.2) is 69.6 Å². The summed E-state index contributed by atoms with van der Waals surface area (Å²) in [5, 5.41) is 3.50. The van der Waals surface area contributed by atoms with Crippen molar-refractivity contribution in [2.75, 3.05) is 0 Å². The Labute approximate surface area is 157 Å². The summed E-state index contributed by atoms with van der Waals surface area (Å²) < 4.78 is 7.09. The summed E-state index contributed by atoms with van der Waals surface area (Å²) in [6, 6.07) is 21.1. The van der Waals surface area contributed by atoms with Gasteiger partial charge in [0.1, 0.15) is 11.5 Å². The van der Waals surface area contributed by atoms with Gasteiger partial charge in [0.15, 0.2) is 0 Å². The Morgan fingerprint density at radius 3 is 2.50 bits per heavy atom. The third-order valence-electron chi connectivity index (χ3n) is 3.99. The first-order valence-electron chi connectivity index (χ1n) is 7.77. The molecule has 1 N–H and O–H groups in total. The van der Waals surface area contributed by atoms with E-state index in [1.54, 1.807) is 0 Å². The normalized spacial score (nSPS) is 11.8. The van der Waals surface area contributed by atoms with E-state index in [2.05, 4.69) is 77.6 Å². The number of aryl methyl sites for hydroxylation is 1. The number of rotatable bonds is 5. The molecular formula is C20H21BrClNO. The fourth-order valence-corrected chi connectivity index (χ4v) is 2.79. The molecule has 3 rings (SSSR count). The number of halogens is 2. The van der Waals surface area contributed by atoms with Gasteiger partial charge in [-0.15, -0.1) is 12.4 Å². The van der Waals surface area contributed by atoms with Gasteiger partial charge in [0.05, 0.1) is 6.54 Å². The van der Waals surface area contributed by atoms with Crippen molar-refractivity contribution in [1.29, 1.82) is 0 Å². The van der Waals surface area contributed by atoms with Crippen molar-refractivity contribution in [3.63, 3.8) is 0 Å². The van der Waals surface area contributed by atoms with E-state index < -0.39 is 0 Å². The van der Waals surface area contributed by atoms with Crippen LogP contribution in [0.5, 0.6) is 0 Å². The van der Waals surface area contributed by atoms with Gasteiger partial charge in [-0.3, -0.25) is 0 Å². The Morgan fingerprint density at radius 1 is 1.04 bits per heavy atom. The van der Waals surface area contributed by atoms with Crippen LogP contribution in [-0.4, -0.2) is 0 Å². The van der Waals surface area contributed by atoms with Crippen LogP contribution >= 0.6 is 28.3 Å². The van der Waals surface area contributed by atoms with Crippen LogP contribution in [0.25, 0.3) is 11.3 Å². The zero-order chi connectivity index (χ0) is 16.2. The summed E-state index contributed by atoms with van der Waals surface area (Å²) in [5.74, 6) is 1.85. The van der Waals surface area contributed by atoms with E-state index in [0.29, 0.717) is 12.6 Å². The van der Waals surface area contributed by atoms with Gasteiger partial charge in [-0.1, -0.05) is 52.3 Å². The third-order valence-corrected chi connectivity index (χ3v) is 4.88. The topological polar surface area (TPSA) is 25.2 Å². The van der Waals surface area contributed by atoms with Gasteiger partial charge in [-0.05, 0) is 49.2 Å². The minimum atomic E-state index is 0. The molecule has 0 bridgehead atoms. The van der Waals surface area contributed by atoms with Crippen LogP contribution in [0, 0.1) is 6.92 Å². The molecule has 126 valence electrons. The smallest absolute Gasteiger partial charge is 0.134 e. The van der Waals surface area contributed by atoms with Crippen molar-refractivity contribution in [2.24, 2.45) is 0 Å². The summed E-state index contributed by atoms with van der Waals surface area (Å²) in [7, 11) is 0.